The molecule has 0 aliphatic carbocycles. The van der Waals surface area contributed by atoms with Gasteiger partial charge in [-0.05, 0) is 56.0 Å². The molecule has 134 valence electrons. The Kier molecular flexibility index (Phi) is 7.46. The molecule has 1 aromatic rings. The molecule has 0 radical (unpaired) electrons. The van der Waals surface area contributed by atoms with E-state index < -0.39 is 0 Å². The monoisotopic (exact) mass is 374 g/mol. The molecule has 1 fully saturated rings. The number of amides is 1. The Labute approximate surface area is 153 Å². The SMILES string of the molecule is Cl.O=C(CCC1CCNC1)NCCc1cc(Cl)c2c(c1)OCCO2. The van der Waals surface area contributed by atoms with Gasteiger partial charge in [0.15, 0.2) is 11.5 Å². The maximum absolute atomic E-state index is 11.9. The Morgan fingerprint density at radius 3 is 2.96 bits per heavy atom. The predicted molar refractivity (Wildman–Crippen MR) is 96.6 cm³/mol. The number of ether oxygens (including phenoxy) is 2. The van der Waals surface area contributed by atoms with Crippen molar-refractivity contribution in [2.24, 2.45) is 5.92 Å². The lowest BCUT2D eigenvalue weighted by molar-refractivity contribution is -0.121. The molecule has 0 saturated carbocycles. The lowest BCUT2D eigenvalue weighted by atomic mass is 10.0. The van der Waals surface area contributed by atoms with Gasteiger partial charge in [0.2, 0.25) is 5.91 Å². The number of halogens is 2. The zero-order chi connectivity index (χ0) is 16.1. The van der Waals surface area contributed by atoms with Crippen LogP contribution in [-0.2, 0) is 11.2 Å². The average molecular weight is 375 g/mol. The molecule has 1 atom stereocenters. The van der Waals surface area contributed by atoms with E-state index in [9.17, 15) is 4.79 Å². The van der Waals surface area contributed by atoms with Gasteiger partial charge in [-0.15, -0.1) is 12.4 Å². The quantitative estimate of drug-likeness (QED) is 0.803. The van der Waals surface area contributed by atoms with Crippen LogP contribution in [0.25, 0.3) is 0 Å². The van der Waals surface area contributed by atoms with Crippen LogP contribution in [0.4, 0.5) is 0 Å². The van der Waals surface area contributed by atoms with E-state index in [0.29, 0.717) is 48.6 Å². The third kappa shape index (κ3) is 5.16. The number of carbonyl (C=O) groups excluding carboxylic acids is 1. The molecule has 24 heavy (non-hydrogen) atoms. The van der Waals surface area contributed by atoms with Gasteiger partial charge in [0, 0.05) is 13.0 Å². The Bertz CT molecular complexity index is 563. The summed E-state index contributed by atoms with van der Waals surface area (Å²) >= 11 is 6.21. The summed E-state index contributed by atoms with van der Waals surface area (Å²) in [6.45, 7) is 3.80. The first-order chi connectivity index (χ1) is 11.2. The topological polar surface area (TPSA) is 59.6 Å². The average Bonchev–Trinajstić information content (AvgIpc) is 3.06. The molecule has 1 saturated heterocycles. The number of nitrogens with one attached hydrogen (secondary N) is 2. The van der Waals surface area contributed by atoms with Crippen LogP contribution in [0.2, 0.25) is 5.02 Å². The molecule has 3 rings (SSSR count). The van der Waals surface area contributed by atoms with Gasteiger partial charge in [0.25, 0.3) is 0 Å². The maximum atomic E-state index is 11.9. The van der Waals surface area contributed by atoms with Crippen LogP contribution in [0.3, 0.4) is 0 Å². The van der Waals surface area contributed by atoms with Crippen molar-refractivity contribution in [1.82, 2.24) is 10.6 Å². The second kappa shape index (κ2) is 9.35. The fourth-order valence-electron chi connectivity index (χ4n) is 3.04. The van der Waals surface area contributed by atoms with Crippen LogP contribution in [0.5, 0.6) is 11.5 Å². The first-order valence-electron chi connectivity index (χ1n) is 8.28. The van der Waals surface area contributed by atoms with E-state index in [1.807, 2.05) is 12.1 Å². The molecule has 2 heterocycles. The van der Waals surface area contributed by atoms with E-state index in [2.05, 4.69) is 10.6 Å². The van der Waals surface area contributed by atoms with E-state index in [0.717, 1.165) is 31.5 Å². The third-order valence-corrected chi connectivity index (χ3v) is 4.62. The smallest absolute Gasteiger partial charge is 0.220 e. The summed E-state index contributed by atoms with van der Waals surface area (Å²) in [4.78, 5) is 11.9. The zero-order valence-electron chi connectivity index (χ0n) is 13.6. The number of hydrogen-bond acceptors (Lipinski definition) is 4. The number of carbonyl (C=O) groups is 1. The molecule has 7 heteroatoms. The minimum Gasteiger partial charge on any atom is -0.486 e. The highest BCUT2D eigenvalue weighted by Crippen LogP contribution is 2.38. The molecule has 1 aromatic carbocycles. The fourth-order valence-corrected chi connectivity index (χ4v) is 3.33. The highest BCUT2D eigenvalue weighted by atomic mass is 35.5. The minimum atomic E-state index is 0. The molecule has 0 bridgehead atoms. The van der Waals surface area contributed by atoms with Gasteiger partial charge in [-0.1, -0.05) is 11.6 Å². The summed E-state index contributed by atoms with van der Waals surface area (Å²) in [6, 6.07) is 3.82. The first kappa shape index (κ1) is 19.2. The molecule has 1 unspecified atom stereocenters. The van der Waals surface area contributed by atoms with Gasteiger partial charge in [-0.3, -0.25) is 4.79 Å². The van der Waals surface area contributed by atoms with Gasteiger partial charge >= 0.3 is 0 Å². The Hall–Kier alpha value is -1.17. The lowest BCUT2D eigenvalue weighted by Gasteiger charge is -2.20. The summed E-state index contributed by atoms with van der Waals surface area (Å²) < 4.78 is 11.1. The summed E-state index contributed by atoms with van der Waals surface area (Å²) in [6.07, 6.45) is 3.49. The fraction of sp³-hybridized carbons (Fsp3) is 0.588. The maximum Gasteiger partial charge on any atom is 0.220 e. The van der Waals surface area contributed by atoms with Crippen LogP contribution in [-0.4, -0.2) is 38.8 Å². The highest BCUT2D eigenvalue weighted by Gasteiger charge is 2.17. The summed E-state index contributed by atoms with van der Waals surface area (Å²) in [5, 5.41) is 6.87. The van der Waals surface area contributed by atoms with E-state index in [1.165, 1.54) is 6.42 Å². The minimum absolute atomic E-state index is 0. The van der Waals surface area contributed by atoms with Crippen LogP contribution >= 0.6 is 24.0 Å². The van der Waals surface area contributed by atoms with Crippen LogP contribution in [0.15, 0.2) is 12.1 Å². The Balaban J connectivity index is 0.00000208. The molecule has 0 aromatic heterocycles. The van der Waals surface area contributed by atoms with Crippen molar-refractivity contribution in [2.75, 3.05) is 32.8 Å². The van der Waals surface area contributed by atoms with Gasteiger partial charge in [-0.25, -0.2) is 0 Å². The molecular formula is C17H24Cl2N2O3. The van der Waals surface area contributed by atoms with E-state index in [-0.39, 0.29) is 18.3 Å². The first-order valence-corrected chi connectivity index (χ1v) is 8.65. The van der Waals surface area contributed by atoms with Crippen molar-refractivity contribution in [2.45, 2.75) is 25.7 Å². The van der Waals surface area contributed by atoms with Crippen molar-refractivity contribution in [3.8, 4) is 11.5 Å². The van der Waals surface area contributed by atoms with Crippen LogP contribution in [0.1, 0.15) is 24.8 Å². The standard InChI is InChI=1S/C17H23ClN2O3.ClH/c18-14-9-13(10-15-17(14)23-8-7-22-15)4-6-20-16(21)2-1-12-3-5-19-11-12;/h9-10,12,19H,1-8,11H2,(H,20,21);1H. The number of hydrogen-bond donors (Lipinski definition) is 2. The Morgan fingerprint density at radius 2 is 2.17 bits per heavy atom. The molecule has 1 amide bonds. The third-order valence-electron chi connectivity index (χ3n) is 4.33. The van der Waals surface area contributed by atoms with Crippen molar-refractivity contribution in [3.63, 3.8) is 0 Å². The van der Waals surface area contributed by atoms with E-state index in [1.54, 1.807) is 0 Å². The summed E-state index contributed by atoms with van der Waals surface area (Å²) in [7, 11) is 0. The van der Waals surface area contributed by atoms with Gasteiger partial charge in [0.1, 0.15) is 13.2 Å². The summed E-state index contributed by atoms with van der Waals surface area (Å²) in [5.41, 5.74) is 1.04. The van der Waals surface area contributed by atoms with E-state index >= 15 is 0 Å². The van der Waals surface area contributed by atoms with Crippen molar-refractivity contribution < 1.29 is 14.3 Å². The molecular weight excluding hydrogens is 351 g/mol. The molecule has 5 nitrogen and oxygen atoms in total. The zero-order valence-corrected chi connectivity index (χ0v) is 15.2. The molecule has 0 spiro atoms. The normalized spacial score (nSPS) is 18.8. The Morgan fingerprint density at radius 1 is 1.33 bits per heavy atom. The van der Waals surface area contributed by atoms with Gasteiger partial charge < -0.3 is 20.1 Å². The van der Waals surface area contributed by atoms with Crippen molar-refractivity contribution in [3.05, 3.63) is 22.7 Å². The molecule has 2 aliphatic heterocycles. The van der Waals surface area contributed by atoms with Crippen molar-refractivity contribution in [1.29, 1.82) is 0 Å². The molecule has 2 aliphatic rings. The highest BCUT2D eigenvalue weighted by molar-refractivity contribution is 6.32. The van der Waals surface area contributed by atoms with Crippen molar-refractivity contribution >= 4 is 29.9 Å². The molecule has 2 N–H and O–H groups in total. The van der Waals surface area contributed by atoms with Crippen LogP contribution < -0.4 is 20.1 Å². The second-order valence-corrected chi connectivity index (χ2v) is 6.51. The lowest BCUT2D eigenvalue weighted by Crippen LogP contribution is -2.26. The van der Waals surface area contributed by atoms with Crippen LogP contribution in [0, 0.1) is 5.92 Å². The van der Waals surface area contributed by atoms with E-state index in [4.69, 9.17) is 21.1 Å². The largest absolute Gasteiger partial charge is 0.486 e. The number of rotatable bonds is 6. The van der Waals surface area contributed by atoms with Gasteiger partial charge in [0.05, 0.1) is 5.02 Å². The summed E-state index contributed by atoms with van der Waals surface area (Å²) in [5.74, 6) is 2.09. The number of fused-ring (bicyclic) bond motifs is 1. The predicted octanol–water partition coefficient (Wildman–Crippen LogP) is 2.58. The second-order valence-electron chi connectivity index (χ2n) is 6.10. The van der Waals surface area contributed by atoms with Gasteiger partial charge in [-0.2, -0.15) is 0 Å². The number of benzene rings is 1.